The Morgan fingerprint density at radius 2 is 2.27 bits per heavy atom. The Balaban J connectivity index is 3.56. The van der Waals surface area contributed by atoms with Crippen LogP contribution in [0.5, 0.6) is 0 Å². The monoisotopic (exact) mass is 159 g/mol. The van der Waals surface area contributed by atoms with Crippen molar-refractivity contribution >= 4 is 5.84 Å². The van der Waals surface area contributed by atoms with Crippen LogP contribution in [0.1, 0.15) is 6.92 Å². The second-order valence-corrected chi connectivity index (χ2v) is 2.84. The largest absolute Gasteiger partial charge is 0.395 e. The van der Waals surface area contributed by atoms with Gasteiger partial charge in [0.1, 0.15) is 0 Å². The first-order chi connectivity index (χ1) is 5.07. The Labute approximate surface area is 67.5 Å². The SMILES string of the molecule is CC(CN(C)CCO)C(=N)N. The minimum absolute atomic E-state index is 0.0755. The van der Waals surface area contributed by atoms with Crippen LogP contribution in [0.2, 0.25) is 0 Å². The third-order valence-corrected chi connectivity index (χ3v) is 1.60. The van der Waals surface area contributed by atoms with Crippen molar-refractivity contribution in [2.45, 2.75) is 6.92 Å². The summed E-state index contributed by atoms with van der Waals surface area (Å²) in [4.78, 5) is 1.95. The van der Waals surface area contributed by atoms with Crippen molar-refractivity contribution in [2.75, 3.05) is 26.7 Å². The van der Waals surface area contributed by atoms with Crippen LogP contribution in [0.4, 0.5) is 0 Å². The van der Waals surface area contributed by atoms with Gasteiger partial charge in [0.15, 0.2) is 0 Å². The maximum Gasteiger partial charge on any atom is 0.0947 e. The molecule has 0 radical (unpaired) electrons. The molecule has 0 saturated heterocycles. The van der Waals surface area contributed by atoms with Gasteiger partial charge in [-0.1, -0.05) is 6.92 Å². The van der Waals surface area contributed by atoms with E-state index in [2.05, 4.69) is 0 Å². The molecule has 0 aliphatic carbocycles. The normalized spacial score (nSPS) is 13.5. The van der Waals surface area contributed by atoms with E-state index in [1.807, 2.05) is 18.9 Å². The summed E-state index contributed by atoms with van der Waals surface area (Å²) in [6.45, 7) is 3.42. The van der Waals surface area contributed by atoms with E-state index >= 15 is 0 Å². The summed E-state index contributed by atoms with van der Waals surface area (Å²) in [5, 5.41) is 15.7. The summed E-state index contributed by atoms with van der Waals surface area (Å²) in [7, 11) is 1.90. The van der Waals surface area contributed by atoms with Crippen molar-refractivity contribution in [3.63, 3.8) is 0 Å². The van der Waals surface area contributed by atoms with Gasteiger partial charge in [-0.15, -0.1) is 0 Å². The maximum atomic E-state index is 8.56. The highest BCUT2D eigenvalue weighted by molar-refractivity contribution is 5.79. The lowest BCUT2D eigenvalue weighted by molar-refractivity contribution is 0.215. The molecule has 1 unspecified atom stereocenters. The van der Waals surface area contributed by atoms with Gasteiger partial charge in [-0.3, -0.25) is 5.41 Å². The van der Waals surface area contributed by atoms with Gasteiger partial charge in [-0.25, -0.2) is 0 Å². The number of hydrogen-bond donors (Lipinski definition) is 3. The third kappa shape index (κ3) is 4.75. The van der Waals surface area contributed by atoms with Crippen molar-refractivity contribution in [3.8, 4) is 0 Å². The highest BCUT2D eigenvalue weighted by Gasteiger charge is 2.07. The van der Waals surface area contributed by atoms with Gasteiger partial charge in [-0.2, -0.15) is 0 Å². The predicted octanol–water partition coefficient (Wildman–Crippen LogP) is -0.517. The van der Waals surface area contributed by atoms with Crippen molar-refractivity contribution in [3.05, 3.63) is 0 Å². The van der Waals surface area contributed by atoms with Crippen molar-refractivity contribution in [1.29, 1.82) is 5.41 Å². The molecule has 66 valence electrons. The van der Waals surface area contributed by atoms with Gasteiger partial charge in [0, 0.05) is 19.0 Å². The topological polar surface area (TPSA) is 73.3 Å². The van der Waals surface area contributed by atoms with E-state index in [1.54, 1.807) is 0 Å². The lowest BCUT2D eigenvalue weighted by atomic mass is 10.1. The summed E-state index contributed by atoms with van der Waals surface area (Å²) in [6, 6.07) is 0. The molecule has 0 saturated carbocycles. The number of rotatable bonds is 5. The number of nitrogens with one attached hydrogen (secondary N) is 1. The molecular formula is C7H17N3O. The lowest BCUT2D eigenvalue weighted by Crippen LogP contribution is -2.33. The lowest BCUT2D eigenvalue weighted by Gasteiger charge is -2.18. The Hall–Kier alpha value is -0.610. The van der Waals surface area contributed by atoms with Crippen LogP contribution >= 0.6 is 0 Å². The molecule has 0 aromatic rings. The number of nitrogens with zero attached hydrogens (tertiary/aromatic N) is 1. The molecule has 0 amide bonds. The number of aliphatic hydroxyl groups is 1. The Morgan fingerprint density at radius 3 is 2.64 bits per heavy atom. The molecule has 0 aliphatic rings. The molecule has 0 rings (SSSR count). The molecular weight excluding hydrogens is 142 g/mol. The molecule has 1 atom stereocenters. The first kappa shape index (κ1) is 10.4. The Kier molecular flexibility index (Phi) is 4.81. The molecule has 0 fully saturated rings. The quantitative estimate of drug-likeness (QED) is 0.373. The molecule has 4 nitrogen and oxygen atoms in total. The molecule has 0 aromatic heterocycles. The van der Waals surface area contributed by atoms with E-state index in [0.717, 1.165) is 6.54 Å². The molecule has 4 N–H and O–H groups in total. The molecule has 0 spiro atoms. The fourth-order valence-corrected chi connectivity index (χ4v) is 0.828. The summed E-state index contributed by atoms with van der Waals surface area (Å²) in [5.74, 6) is 0.279. The van der Waals surface area contributed by atoms with Gasteiger partial charge in [-0.05, 0) is 7.05 Å². The van der Waals surface area contributed by atoms with E-state index in [0.29, 0.717) is 6.54 Å². The predicted molar refractivity (Wildman–Crippen MR) is 45.7 cm³/mol. The average molecular weight is 159 g/mol. The van der Waals surface area contributed by atoms with Gasteiger partial charge >= 0.3 is 0 Å². The highest BCUT2D eigenvalue weighted by atomic mass is 16.3. The van der Waals surface area contributed by atoms with Crippen LogP contribution < -0.4 is 5.73 Å². The summed E-state index contributed by atoms with van der Waals surface area (Å²) >= 11 is 0. The number of hydrogen-bond acceptors (Lipinski definition) is 3. The van der Waals surface area contributed by atoms with Gasteiger partial charge in [0.25, 0.3) is 0 Å². The summed E-state index contributed by atoms with van der Waals surface area (Å²) in [6.07, 6.45) is 0. The minimum Gasteiger partial charge on any atom is -0.395 e. The summed E-state index contributed by atoms with van der Waals surface area (Å²) in [5.41, 5.74) is 5.27. The van der Waals surface area contributed by atoms with Crippen molar-refractivity contribution < 1.29 is 5.11 Å². The van der Waals surface area contributed by atoms with Gasteiger partial charge in [0.2, 0.25) is 0 Å². The second-order valence-electron chi connectivity index (χ2n) is 2.84. The molecule has 0 heterocycles. The highest BCUT2D eigenvalue weighted by Crippen LogP contribution is 1.95. The van der Waals surface area contributed by atoms with Crippen LogP contribution in [0, 0.1) is 11.3 Å². The summed E-state index contributed by atoms with van der Waals surface area (Å²) < 4.78 is 0. The number of amidine groups is 1. The standard InChI is InChI=1S/C7H17N3O/c1-6(7(8)9)5-10(2)3-4-11/h6,11H,3-5H2,1-2H3,(H3,8,9). The Morgan fingerprint density at radius 1 is 1.73 bits per heavy atom. The van der Waals surface area contributed by atoms with Crippen LogP contribution in [0.3, 0.4) is 0 Å². The zero-order valence-electron chi connectivity index (χ0n) is 7.17. The average Bonchev–Trinajstić information content (AvgIpc) is 1.87. The third-order valence-electron chi connectivity index (χ3n) is 1.60. The first-order valence-corrected chi connectivity index (χ1v) is 3.71. The van der Waals surface area contributed by atoms with Crippen LogP contribution in [0.25, 0.3) is 0 Å². The molecule has 0 aliphatic heterocycles. The smallest absolute Gasteiger partial charge is 0.0947 e. The molecule has 4 heteroatoms. The zero-order valence-corrected chi connectivity index (χ0v) is 7.17. The minimum atomic E-state index is 0.0755. The van der Waals surface area contributed by atoms with E-state index in [1.165, 1.54) is 0 Å². The fourth-order valence-electron chi connectivity index (χ4n) is 0.828. The number of nitrogens with two attached hydrogens (primary N) is 1. The first-order valence-electron chi connectivity index (χ1n) is 3.71. The van der Waals surface area contributed by atoms with E-state index in [4.69, 9.17) is 16.2 Å². The Bertz CT molecular complexity index is 127. The van der Waals surface area contributed by atoms with Crippen LogP contribution in [-0.2, 0) is 0 Å². The van der Waals surface area contributed by atoms with Gasteiger partial charge < -0.3 is 15.7 Å². The molecule has 0 bridgehead atoms. The van der Waals surface area contributed by atoms with Crippen molar-refractivity contribution in [1.82, 2.24) is 4.90 Å². The van der Waals surface area contributed by atoms with E-state index < -0.39 is 0 Å². The van der Waals surface area contributed by atoms with Crippen LogP contribution in [-0.4, -0.2) is 42.6 Å². The maximum absolute atomic E-state index is 8.56. The van der Waals surface area contributed by atoms with Gasteiger partial charge in [0.05, 0.1) is 12.4 Å². The second kappa shape index (κ2) is 5.09. The van der Waals surface area contributed by atoms with E-state index in [9.17, 15) is 0 Å². The molecule has 11 heavy (non-hydrogen) atoms. The molecule has 0 aromatic carbocycles. The number of aliphatic hydroxyl groups excluding tert-OH is 1. The number of likely N-dealkylation sites (N-methyl/N-ethyl adjacent to an activating group) is 1. The fraction of sp³-hybridized carbons (Fsp3) is 0.857. The van der Waals surface area contributed by atoms with Crippen molar-refractivity contribution in [2.24, 2.45) is 11.7 Å². The van der Waals surface area contributed by atoms with E-state index in [-0.39, 0.29) is 18.4 Å². The zero-order chi connectivity index (χ0) is 8.85. The van der Waals surface area contributed by atoms with Crippen LogP contribution in [0.15, 0.2) is 0 Å².